The summed E-state index contributed by atoms with van der Waals surface area (Å²) in [6.45, 7) is 3.36. The van der Waals surface area contributed by atoms with Crippen molar-refractivity contribution >= 4 is 51.5 Å². The molecule has 22 heavy (non-hydrogen) atoms. The van der Waals surface area contributed by atoms with Gasteiger partial charge in [0.05, 0.1) is 5.25 Å². The number of carbonyl (C=O) groups excluding carboxylic acids is 1. The van der Waals surface area contributed by atoms with Gasteiger partial charge in [-0.25, -0.2) is 0 Å². The molecular weight excluding hydrogens is 348 g/mol. The average Bonchev–Trinajstić information content (AvgIpc) is 2.87. The normalized spacial score (nSPS) is 12.4. The number of anilines is 2. The average molecular weight is 361 g/mol. The van der Waals surface area contributed by atoms with Crippen LogP contribution >= 0.6 is 34.9 Å². The molecule has 1 aromatic heterocycles. The van der Waals surface area contributed by atoms with Crippen LogP contribution in [0.4, 0.5) is 19.6 Å². The fourth-order valence-corrected chi connectivity index (χ4v) is 3.80. The fourth-order valence-electron chi connectivity index (χ4n) is 1.39. The van der Waals surface area contributed by atoms with Crippen LogP contribution < -0.4 is 5.32 Å². The zero-order valence-electron chi connectivity index (χ0n) is 11.7. The van der Waals surface area contributed by atoms with Crippen LogP contribution in [0.25, 0.3) is 0 Å². The minimum Gasteiger partial charge on any atom is -0.330 e. The van der Waals surface area contributed by atoms with Gasteiger partial charge in [-0.1, -0.05) is 34.9 Å². The summed E-state index contributed by atoms with van der Waals surface area (Å²) >= 11 is 3.21. The van der Waals surface area contributed by atoms with E-state index in [2.05, 4.69) is 15.5 Å². The van der Waals surface area contributed by atoms with Crippen LogP contribution in [0.3, 0.4) is 0 Å². The van der Waals surface area contributed by atoms with Crippen LogP contribution in [0.2, 0.25) is 0 Å². The SMILES string of the molecule is CC(=O)C(C)Sc1nnc(Nc2ccc(SC(F)F)cc2)s1. The van der Waals surface area contributed by atoms with Gasteiger partial charge in [0, 0.05) is 10.6 Å². The number of Topliss-reactive ketones (excluding diaryl/α,β-unsaturated/α-hetero) is 1. The number of carbonyl (C=O) groups is 1. The maximum absolute atomic E-state index is 12.2. The molecule has 0 aliphatic heterocycles. The molecule has 0 saturated carbocycles. The first kappa shape index (κ1) is 17.2. The van der Waals surface area contributed by atoms with E-state index in [4.69, 9.17) is 0 Å². The third-order valence-electron chi connectivity index (χ3n) is 2.59. The summed E-state index contributed by atoms with van der Waals surface area (Å²) in [7, 11) is 0. The molecule has 0 radical (unpaired) electrons. The van der Waals surface area contributed by atoms with Gasteiger partial charge in [-0.05, 0) is 38.1 Å². The number of ketones is 1. The smallest absolute Gasteiger partial charge is 0.288 e. The second kappa shape index (κ2) is 7.89. The Kier molecular flexibility index (Phi) is 6.16. The first-order valence-electron chi connectivity index (χ1n) is 6.26. The zero-order valence-corrected chi connectivity index (χ0v) is 14.2. The fraction of sp³-hybridized carbons (Fsp3) is 0.308. The molecular formula is C13H13F2N3OS3. The number of rotatable bonds is 7. The molecule has 2 rings (SSSR count). The van der Waals surface area contributed by atoms with Gasteiger partial charge < -0.3 is 5.32 Å². The highest BCUT2D eigenvalue weighted by Gasteiger charge is 2.13. The van der Waals surface area contributed by atoms with Gasteiger partial charge in [0.1, 0.15) is 5.78 Å². The van der Waals surface area contributed by atoms with Crippen LogP contribution in [0.15, 0.2) is 33.5 Å². The van der Waals surface area contributed by atoms with Crippen LogP contribution in [0.1, 0.15) is 13.8 Å². The van der Waals surface area contributed by atoms with Crippen molar-refractivity contribution in [2.45, 2.75) is 34.1 Å². The molecule has 0 aliphatic carbocycles. The van der Waals surface area contributed by atoms with E-state index in [9.17, 15) is 13.6 Å². The summed E-state index contributed by atoms with van der Waals surface area (Å²) < 4.78 is 25.2. The Labute approximate surface area is 139 Å². The summed E-state index contributed by atoms with van der Waals surface area (Å²) in [5.41, 5.74) is 0.742. The number of halogens is 2. The van der Waals surface area contributed by atoms with E-state index in [0.29, 0.717) is 26.1 Å². The molecule has 0 amide bonds. The number of benzene rings is 1. The first-order chi connectivity index (χ1) is 10.4. The number of aromatic nitrogens is 2. The van der Waals surface area contributed by atoms with E-state index in [1.54, 1.807) is 24.3 Å². The predicted molar refractivity (Wildman–Crippen MR) is 87.5 cm³/mol. The molecule has 1 heterocycles. The number of hydrogen-bond donors (Lipinski definition) is 1. The van der Waals surface area contributed by atoms with Crippen molar-refractivity contribution in [3.63, 3.8) is 0 Å². The molecule has 0 bridgehead atoms. The lowest BCUT2D eigenvalue weighted by atomic mass is 10.3. The molecule has 2 aromatic rings. The minimum atomic E-state index is -2.43. The molecule has 118 valence electrons. The van der Waals surface area contributed by atoms with E-state index in [1.807, 2.05) is 6.92 Å². The first-order valence-corrected chi connectivity index (χ1v) is 8.84. The Morgan fingerprint density at radius 2 is 1.91 bits per heavy atom. The van der Waals surface area contributed by atoms with Crippen LogP contribution in [0.5, 0.6) is 0 Å². The Bertz CT molecular complexity index is 634. The summed E-state index contributed by atoms with van der Waals surface area (Å²) in [6.07, 6.45) is 0. The van der Waals surface area contributed by atoms with Gasteiger partial charge in [0.15, 0.2) is 4.34 Å². The monoisotopic (exact) mass is 361 g/mol. The summed E-state index contributed by atoms with van der Waals surface area (Å²) in [5.74, 6) is -2.34. The van der Waals surface area contributed by atoms with Crippen molar-refractivity contribution in [2.75, 3.05) is 5.32 Å². The maximum atomic E-state index is 12.2. The van der Waals surface area contributed by atoms with Crippen molar-refractivity contribution in [1.29, 1.82) is 0 Å². The van der Waals surface area contributed by atoms with E-state index in [-0.39, 0.29) is 11.0 Å². The van der Waals surface area contributed by atoms with E-state index in [0.717, 1.165) is 5.69 Å². The number of alkyl halides is 2. The summed E-state index contributed by atoms with van der Waals surface area (Å²) in [5, 5.41) is 11.5. The quantitative estimate of drug-likeness (QED) is 0.724. The molecule has 1 aromatic carbocycles. The number of nitrogens with zero attached hydrogens (tertiary/aromatic N) is 2. The van der Waals surface area contributed by atoms with Crippen LogP contribution in [-0.4, -0.2) is 27.0 Å². The van der Waals surface area contributed by atoms with Crippen molar-refractivity contribution in [3.8, 4) is 0 Å². The summed E-state index contributed by atoms with van der Waals surface area (Å²) in [6, 6.07) is 6.65. The number of nitrogens with one attached hydrogen (secondary N) is 1. The third-order valence-corrected chi connectivity index (χ3v) is 5.45. The number of thioether (sulfide) groups is 2. The van der Waals surface area contributed by atoms with Crippen molar-refractivity contribution < 1.29 is 13.6 Å². The molecule has 9 heteroatoms. The zero-order chi connectivity index (χ0) is 16.1. The Hall–Kier alpha value is -1.19. The molecule has 0 fully saturated rings. The van der Waals surface area contributed by atoms with Gasteiger partial charge in [-0.2, -0.15) is 8.78 Å². The molecule has 0 spiro atoms. The van der Waals surface area contributed by atoms with Gasteiger partial charge in [-0.15, -0.1) is 10.2 Å². The highest BCUT2D eigenvalue weighted by Crippen LogP contribution is 2.31. The standard InChI is InChI=1S/C13H13F2N3OS3/c1-7(19)8(2)20-13-18-17-12(22-13)16-9-3-5-10(6-4-9)21-11(14)15/h3-6,8,11H,1-2H3,(H,16,17). The molecule has 1 atom stereocenters. The molecule has 0 saturated heterocycles. The van der Waals surface area contributed by atoms with Gasteiger partial charge in [0.2, 0.25) is 5.13 Å². The van der Waals surface area contributed by atoms with Crippen molar-refractivity contribution in [2.24, 2.45) is 0 Å². The Morgan fingerprint density at radius 3 is 2.50 bits per heavy atom. The number of hydrogen-bond acceptors (Lipinski definition) is 7. The molecule has 1 unspecified atom stereocenters. The molecule has 4 nitrogen and oxygen atoms in total. The lowest BCUT2D eigenvalue weighted by Gasteiger charge is -2.04. The highest BCUT2D eigenvalue weighted by atomic mass is 32.2. The van der Waals surface area contributed by atoms with Gasteiger partial charge in [-0.3, -0.25) is 4.79 Å². The maximum Gasteiger partial charge on any atom is 0.288 e. The Morgan fingerprint density at radius 1 is 1.23 bits per heavy atom. The predicted octanol–water partition coefficient (Wildman–Crippen LogP) is 4.67. The lowest BCUT2D eigenvalue weighted by molar-refractivity contribution is -0.116. The van der Waals surface area contributed by atoms with E-state index < -0.39 is 5.76 Å². The molecule has 0 aliphatic rings. The van der Waals surface area contributed by atoms with Crippen molar-refractivity contribution in [3.05, 3.63) is 24.3 Å². The van der Waals surface area contributed by atoms with Gasteiger partial charge >= 0.3 is 0 Å². The largest absolute Gasteiger partial charge is 0.330 e. The van der Waals surface area contributed by atoms with E-state index >= 15 is 0 Å². The third kappa shape index (κ3) is 5.22. The van der Waals surface area contributed by atoms with Crippen LogP contribution in [-0.2, 0) is 4.79 Å². The van der Waals surface area contributed by atoms with Crippen LogP contribution in [0, 0.1) is 0 Å². The van der Waals surface area contributed by atoms with E-state index in [1.165, 1.54) is 30.0 Å². The molecule has 1 N–H and O–H groups in total. The second-order valence-electron chi connectivity index (χ2n) is 4.27. The second-order valence-corrected chi connectivity index (χ2v) is 7.90. The van der Waals surface area contributed by atoms with Gasteiger partial charge in [0.25, 0.3) is 5.76 Å². The topological polar surface area (TPSA) is 54.9 Å². The van der Waals surface area contributed by atoms with Crippen molar-refractivity contribution in [1.82, 2.24) is 10.2 Å². The highest BCUT2D eigenvalue weighted by molar-refractivity contribution is 8.02. The lowest BCUT2D eigenvalue weighted by Crippen LogP contribution is -2.07. The Balaban J connectivity index is 1.96. The summed E-state index contributed by atoms with van der Waals surface area (Å²) in [4.78, 5) is 11.7. The minimum absolute atomic E-state index is 0.0850.